The Bertz CT molecular complexity index is 975. The third-order valence-electron chi connectivity index (χ3n) is 7.71. The number of hydrogen-bond acceptors (Lipinski definition) is 4. The molecule has 1 aromatic rings. The Morgan fingerprint density at radius 3 is 2.52 bits per heavy atom. The van der Waals surface area contributed by atoms with E-state index in [1.165, 1.54) is 23.6 Å². The maximum absolute atomic E-state index is 13.1. The molecular formula is C23H31BrN2O4S. The molecule has 4 aliphatic carbocycles. The van der Waals surface area contributed by atoms with Crippen LogP contribution in [0.3, 0.4) is 0 Å². The molecule has 170 valence electrons. The van der Waals surface area contributed by atoms with Crippen molar-refractivity contribution in [2.75, 3.05) is 31.6 Å². The number of nitrogens with one attached hydrogen (secondary N) is 1. The first-order valence-corrected chi connectivity index (χ1v) is 13.6. The predicted octanol–water partition coefficient (Wildman–Crippen LogP) is 4.08. The van der Waals surface area contributed by atoms with Crippen molar-refractivity contribution < 1.29 is 17.9 Å². The highest BCUT2D eigenvalue weighted by Crippen LogP contribution is 2.65. The highest BCUT2D eigenvalue weighted by atomic mass is 79.9. The molecule has 1 N–H and O–H groups in total. The summed E-state index contributed by atoms with van der Waals surface area (Å²) in [5.41, 5.74) is 1.33. The van der Waals surface area contributed by atoms with E-state index in [2.05, 4.69) is 21.2 Å². The first kappa shape index (κ1) is 21.9. The van der Waals surface area contributed by atoms with E-state index < -0.39 is 10.0 Å². The van der Waals surface area contributed by atoms with Crippen LogP contribution < -0.4 is 5.32 Å². The van der Waals surface area contributed by atoms with Crippen LogP contribution in [-0.4, -0.2) is 49.3 Å². The van der Waals surface area contributed by atoms with Crippen LogP contribution in [0.25, 0.3) is 0 Å². The van der Waals surface area contributed by atoms with Gasteiger partial charge in [0.2, 0.25) is 15.9 Å². The predicted molar refractivity (Wildman–Crippen MR) is 123 cm³/mol. The van der Waals surface area contributed by atoms with Gasteiger partial charge in [-0.1, -0.05) is 22.0 Å². The molecule has 5 fully saturated rings. The van der Waals surface area contributed by atoms with Crippen molar-refractivity contribution in [1.29, 1.82) is 0 Å². The van der Waals surface area contributed by atoms with Gasteiger partial charge in [0, 0.05) is 29.5 Å². The second kappa shape index (κ2) is 7.82. The van der Waals surface area contributed by atoms with Crippen LogP contribution in [0.1, 0.15) is 50.5 Å². The fraction of sp³-hybridized carbons (Fsp3) is 0.696. The first-order chi connectivity index (χ1) is 14.7. The van der Waals surface area contributed by atoms with Crippen molar-refractivity contribution in [2.24, 2.45) is 17.3 Å². The fourth-order valence-corrected chi connectivity index (χ4v) is 10.1. The number of benzene rings is 1. The van der Waals surface area contributed by atoms with Gasteiger partial charge in [-0.3, -0.25) is 4.79 Å². The Morgan fingerprint density at radius 1 is 1.19 bits per heavy atom. The van der Waals surface area contributed by atoms with Crippen molar-refractivity contribution >= 4 is 37.5 Å². The van der Waals surface area contributed by atoms with Crippen molar-refractivity contribution in [3.05, 3.63) is 23.8 Å². The van der Waals surface area contributed by atoms with Gasteiger partial charge in [-0.15, -0.1) is 0 Å². The lowest BCUT2D eigenvalue weighted by atomic mass is 9.48. The van der Waals surface area contributed by atoms with E-state index in [-0.39, 0.29) is 20.5 Å². The largest absolute Gasteiger partial charge is 0.379 e. The number of alkyl halides is 1. The number of carbonyl (C=O) groups excluding carboxylic acids is 1. The van der Waals surface area contributed by atoms with Gasteiger partial charge in [0.05, 0.1) is 18.1 Å². The summed E-state index contributed by atoms with van der Waals surface area (Å²) in [6.45, 7) is 3.33. The molecular weight excluding hydrogens is 480 g/mol. The lowest BCUT2D eigenvalue weighted by molar-refractivity contribution is -0.123. The van der Waals surface area contributed by atoms with E-state index in [4.69, 9.17) is 4.74 Å². The van der Waals surface area contributed by atoms with Gasteiger partial charge in [-0.05, 0) is 80.4 Å². The molecule has 0 aromatic heterocycles. The number of hydrogen-bond donors (Lipinski definition) is 1. The molecule has 1 aromatic carbocycles. The number of ether oxygens (including phenoxy) is 1. The normalized spacial score (nSPS) is 35.3. The maximum Gasteiger partial charge on any atom is 0.243 e. The average Bonchev–Trinajstić information content (AvgIpc) is 2.67. The molecule has 1 saturated heterocycles. The minimum atomic E-state index is -3.61. The van der Waals surface area contributed by atoms with Gasteiger partial charge in [-0.25, -0.2) is 8.42 Å². The summed E-state index contributed by atoms with van der Waals surface area (Å²) in [5, 5.41) is 3.01. The molecule has 4 saturated carbocycles. The van der Waals surface area contributed by atoms with Gasteiger partial charge < -0.3 is 10.1 Å². The quantitative estimate of drug-likeness (QED) is 0.605. The lowest BCUT2D eigenvalue weighted by Gasteiger charge is -2.60. The van der Waals surface area contributed by atoms with Crippen LogP contribution in [0, 0.1) is 24.2 Å². The van der Waals surface area contributed by atoms with E-state index in [0.29, 0.717) is 44.0 Å². The Morgan fingerprint density at radius 2 is 1.87 bits per heavy atom. The Kier molecular flexibility index (Phi) is 5.51. The van der Waals surface area contributed by atoms with Crippen LogP contribution in [0.15, 0.2) is 23.1 Å². The number of nitrogens with zero attached hydrogens (tertiary/aromatic N) is 1. The summed E-state index contributed by atoms with van der Waals surface area (Å²) in [7, 11) is -3.61. The highest BCUT2D eigenvalue weighted by Gasteiger charge is 2.57. The summed E-state index contributed by atoms with van der Waals surface area (Å²) < 4.78 is 33.2. The van der Waals surface area contributed by atoms with Crippen molar-refractivity contribution in [3.8, 4) is 0 Å². The molecule has 1 aliphatic heterocycles. The fourth-order valence-electron chi connectivity index (χ4n) is 6.97. The van der Waals surface area contributed by atoms with Crippen LogP contribution >= 0.6 is 15.9 Å². The van der Waals surface area contributed by atoms with E-state index in [9.17, 15) is 13.2 Å². The summed E-state index contributed by atoms with van der Waals surface area (Å²) in [6.07, 6.45) is 7.69. The van der Waals surface area contributed by atoms with Crippen LogP contribution in [0.2, 0.25) is 0 Å². The smallest absolute Gasteiger partial charge is 0.243 e. The van der Waals surface area contributed by atoms with Crippen molar-refractivity contribution in [1.82, 2.24) is 4.31 Å². The number of carbonyl (C=O) groups is 1. The van der Waals surface area contributed by atoms with Gasteiger partial charge in [0.15, 0.2) is 0 Å². The summed E-state index contributed by atoms with van der Waals surface area (Å²) >= 11 is 4.01. The molecule has 4 bridgehead atoms. The number of anilines is 1. The zero-order valence-corrected chi connectivity index (χ0v) is 20.4. The second-order valence-electron chi connectivity index (χ2n) is 10.3. The molecule has 31 heavy (non-hydrogen) atoms. The monoisotopic (exact) mass is 510 g/mol. The number of sulfonamides is 1. The van der Waals surface area contributed by atoms with E-state index >= 15 is 0 Å². The summed E-state index contributed by atoms with van der Waals surface area (Å²) in [6, 6.07) is 5.20. The van der Waals surface area contributed by atoms with E-state index in [1.54, 1.807) is 25.1 Å². The van der Waals surface area contributed by atoms with Crippen LogP contribution in [0.5, 0.6) is 0 Å². The third kappa shape index (κ3) is 4.21. The summed E-state index contributed by atoms with van der Waals surface area (Å²) in [5.74, 6) is 1.47. The topological polar surface area (TPSA) is 75.7 Å². The Hall–Kier alpha value is -0.960. The summed E-state index contributed by atoms with van der Waals surface area (Å²) in [4.78, 5) is 13.3. The molecule has 1 heterocycles. The number of amides is 1. The average molecular weight is 511 g/mol. The van der Waals surface area contributed by atoms with Crippen LogP contribution in [-0.2, 0) is 19.6 Å². The van der Waals surface area contributed by atoms with E-state index in [0.717, 1.165) is 31.1 Å². The standard InChI is InChI=1S/C23H31BrN2O4S/c1-16-2-3-19(9-20(16)31(28,29)26-4-6-30-7-5-26)25-21(27)14-22-10-17-8-18(11-22)13-23(24,12-17)15-22/h2-3,9,17-18H,4-8,10-15H2,1H3,(H,25,27). The number of morpholine rings is 1. The number of halogens is 1. The minimum absolute atomic E-state index is 0.00313. The van der Waals surface area contributed by atoms with E-state index in [1.807, 2.05) is 0 Å². The third-order valence-corrected chi connectivity index (χ3v) is 10.7. The number of rotatable bonds is 5. The molecule has 0 radical (unpaired) electrons. The van der Waals surface area contributed by atoms with Gasteiger partial charge in [-0.2, -0.15) is 4.31 Å². The molecule has 5 aliphatic rings. The SMILES string of the molecule is Cc1ccc(NC(=O)CC23CC4CC(CC(Br)(C4)C2)C3)cc1S(=O)(=O)N1CCOCC1. The number of aryl methyl sites for hydroxylation is 1. The van der Waals surface area contributed by atoms with Gasteiger partial charge in [0.25, 0.3) is 0 Å². The zero-order chi connectivity index (χ0) is 21.9. The Balaban J connectivity index is 1.32. The maximum atomic E-state index is 13.1. The van der Waals surface area contributed by atoms with Crippen molar-refractivity contribution in [3.63, 3.8) is 0 Å². The zero-order valence-electron chi connectivity index (χ0n) is 18.0. The van der Waals surface area contributed by atoms with Gasteiger partial charge >= 0.3 is 0 Å². The first-order valence-electron chi connectivity index (χ1n) is 11.3. The second-order valence-corrected chi connectivity index (χ2v) is 13.9. The Labute approximate surface area is 193 Å². The molecule has 2 atom stereocenters. The molecule has 8 heteroatoms. The van der Waals surface area contributed by atoms with Crippen LogP contribution in [0.4, 0.5) is 5.69 Å². The van der Waals surface area contributed by atoms with Gasteiger partial charge in [0.1, 0.15) is 0 Å². The lowest BCUT2D eigenvalue weighted by Crippen LogP contribution is -2.53. The minimum Gasteiger partial charge on any atom is -0.379 e. The molecule has 1 amide bonds. The molecule has 0 spiro atoms. The highest BCUT2D eigenvalue weighted by molar-refractivity contribution is 9.10. The molecule has 6 nitrogen and oxygen atoms in total. The van der Waals surface area contributed by atoms with Crippen molar-refractivity contribution in [2.45, 2.75) is 61.1 Å². The molecule has 6 rings (SSSR count). The molecule has 2 unspecified atom stereocenters.